The van der Waals surface area contributed by atoms with Crippen molar-refractivity contribution in [1.29, 1.82) is 0 Å². The largest absolute Gasteiger partial charge is 0.353 e. The van der Waals surface area contributed by atoms with Gasteiger partial charge in [0.05, 0.1) is 6.54 Å². The van der Waals surface area contributed by atoms with E-state index in [1.807, 2.05) is 20.8 Å². The van der Waals surface area contributed by atoms with E-state index in [2.05, 4.69) is 16.0 Å². The van der Waals surface area contributed by atoms with Gasteiger partial charge in [-0.1, -0.05) is 0 Å². The number of carbonyl (C=O) groups excluding carboxylic acids is 2. The van der Waals surface area contributed by atoms with Crippen LogP contribution in [-0.2, 0) is 4.79 Å². The summed E-state index contributed by atoms with van der Waals surface area (Å²) in [4.78, 5) is 24.0. The van der Waals surface area contributed by atoms with Gasteiger partial charge in [0, 0.05) is 32.7 Å². The number of urea groups is 1. The predicted octanol–water partition coefficient (Wildman–Crippen LogP) is -0.238. The lowest BCUT2D eigenvalue weighted by molar-refractivity contribution is -0.120. The third-order valence-electron chi connectivity index (χ3n) is 1.91. The van der Waals surface area contributed by atoms with Crippen molar-refractivity contribution in [2.45, 2.75) is 26.3 Å². The van der Waals surface area contributed by atoms with Gasteiger partial charge in [-0.25, -0.2) is 4.79 Å². The van der Waals surface area contributed by atoms with Crippen LogP contribution in [0.15, 0.2) is 0 Å². The first-order valence-corrected chi connectivity index (χ1v) is 5.69. The summed E-state index contributed by atoms with van der Waals surface area (Å²) in [6.45, 7) is 7.14. The molecule has 0 aromatic carbocycles. The van der Waals surface area contributed by atoms with E-state index >= 15 is 0 Å². The van der Waals surface area contributed by atoms with Gasteiger partial charge in [-0.3, -0.25) is 4.79 Å². The van der Waals surface area contributed by atoms with Crippen LogP contribution in [0.25, 0.3) is 0 Å². The predicted molar refractivity (Wildman–Crippen MR) is 67.9 cm³/mol. The molecule has 0 spiro atoms. The van der Waals surface area contributed by atoms with Gasteiger partial charge in [0.2, 0.25) is 5.91 Å². The van der Waals surface area contributed by atoms with Gasteiger partial charge in [0.25, 0.3) is 0 Å². The van der Waals surface area contributed by atoms with Crippen LogP contribution in [0.5, 0.6) is 0 Å². The molecule has 0 atom stereocenters. The highest BCUT2D eigenvalue weighted by atomic mass is 16.2. The second kappa shape index (κ2) is 7.11. The maximum absolute atomic E-state index is 11.4. The molecule has 0 aromatic heterocycles. The lowest BCUT2D eigenvalue weighted by Gasteiger charge is -2.20. The molecule has 17 heavy (non-hydrogen) atoms. The molecular formula is C11H24N4O2. The summed E-state index contributed by atoms with van der Waals surface area (Å²) in [5, 5.41) is 8.46. The van der Waals surface area contributed by atoms with E-state index in [4.69, 9.17) is 0 Å². The second-order valence-electron chi connectivity index (χ2n) is 5.08. The van der Waals surface area contributed by atoms with Crippen molar-refractivity contribution in [3.05, 3.63) is 0 Å². The van der Waals surface area contributed by atoms with E-state index in [1.165, 1.54) is 4.90 Å². The van der Waals surface area contributed by atoms with Crippen molar-refractivity contribution < 1.29 is 9.59 Å². The molecule has 0 aliphatic carbocycles. The Morgan fingerprint density at radius 3 is 2.06 bits per heavy atom. The lowest BCUT2D eigenvalue weighted by atomic mass is 10.1. The fraction of sp³-hybridized carbons (Fsp3) is 0.818. The van der Waals surface area contributed by atoms with E-state index < -0.39 is 0 Å². The lowest BCUT2D eigenvalue weighted by Crippen LogP contribution is -2.45. The van der Waals surface area contributed by atoms with Gasteiger partial charge in [-0.2, -0.15) is 0 Å². The van der Waals surface area contributed by atoms with E-state index in [1.54, 1.807) is 14.1 Å². The summed E-state index contributed by atoms with van der Waals surface area (Å²) >= 11 is 0. The van der Waals surface area contributed by atoms with Crippen molar-refractivity contribution in [2.75, 3.05) is 33.7 Å². The standard InChI is InChI=1S/C11H24N4O2/c1-11(2,3)14-8-9(16)12-6-7-13-10(17)15(4)5/h14H,6-8H2,1-5H3,(H,12,16)(H,13,17). The van der Waals surface area contributed by atoms with Gasteiger partial charge in [-0.15, -0.1) is 0 Å². The molecule has 6 nitrogen and oxygen atoms in total. The molecule has 0 aromatic rings. The normalized spacial score (nSPS) is 10.9. The first-order chi connectivity index (χ1) is 7.72. The zero-order chi connectivity index (χ0) is 13.5. The Bertz CT molecular complexity index is 259. The average molecular weight is 244 g/mol. The number of hydrogen-bond acceptors (Lipinski definition) is 3. The quantitative estimate of drug-likeness (QED) is 0.585. The van der Waals surface area contributed by atoms with Gasteiger partial charge >= 0.3 is 6.03 Å². The van der Waals surface area contributed by atoms with Crippen molar-refractivity contribution in [2.24, 2.45) is 0 Å². The Hall–Kier alpha value is -1.30. The SMILES string of the molecule is CN(C)C(=O)NCCNC(=O)CNC(C)(C)C. The van der Waals surface area contributed by atoms with Crippen LogP contribution in [0, 0.1) is 0 Å². The molecule has 0 aliphatic heterocycles. The van der Waals surface area contributed by atoms with Crippen molar-refractivity contribution in [3.63, 3.8) is 0 Å². The number of rotatable bonds is 5. The number of carbonyl (C=O) groups is 2. The van der Waals surface area contributed by atoms with E-state index in [-0.39, 0.29) is 24.0 Å². The molecule has 3 amide bonds. The fourth-order valence-corrected chi connectivity index (χ4v) is 0.937. The van der Waals surface area contributed by atoms with Gasteiger partial charge in [0.1, 0.15) is 0 Å². The van der Waals surface area contributed by atoms with Crippen LogP contribution in [0.1, 0.15) is 20.8 Å². The minimum Gasteiger partial charge on any atom is -0.353 e. The smallest absolute Gasteiger partial charge is 0.316 e. The average Bonchev–Trinajstić information content (AvgIpc) is 2.20. The maximum atomic E-state index is 11.4. The number of nitrogens with one attached hydrogen (secondary N) is 3. The minimum atomic E-state index is -0.160. The summed E-state index contributed by atoms with van der Waals surface area (Å²) in [6.07, 6.45) is 0. The second-order valence-corrected chi connectivity index (χ2v) is 5.08. The summed E-state index contributed by atoms with van der Waals surface area (Å²) in [5.74, 6) is -0.0703. The van der Waals surface area contributed by atoms with Crippen LogP contribution in [0.3, 0.4) is 0 Å². The fourth-order valence-electron chi connectivity index (χ4n) is 0.937. The Morgan fingerprint density at radius 2 is 1.59 bits per heavy atom. The molecular weight excluding hydrogens is 220 g/mol. The zero-order valence-corrected chi connectivity index (χ0v) is 11.4. The van der Waals surface area contributed by atoms with Crippen molar-refractivity contribution >= 4 is 11.9 Å². The number of hydrogen-bond donors (Lipinski definition) is 3. The van der Waals surface area contributed by atoms with Gasteiger partial charge in [-0.05, 0) is 20.8 Å². The van der Waals surface area contributed by atoms with Gasteiger partial charge < -0.3 is 20.9 Å². The van der Waals surface area contributed by atoms with Crippen molar-refractivity contribution in [1.82, 2.24) is 20.9 Å². The Morgan fingerprint density at radius 1 is 1.06 bits per heavy atom. The molecule has 0 unspecified atom stereocenters. The molecule has 0 fully saturated rings. The Labute approximate surface area is 103 Å². The molecule has 3 N–H and O–H groups in total. The molecule has 0 saturated heterocycles. The van der Waals surface area contributed by atoms with Crippen LogP contribution in [0.4, 0.5) is 4.79 Å². The summed E-state index contributed by atoms with van der Waals surface area (Å²) in [5.41, 5.74) is -0.0729. The van der Waals surface area contributed by atoms with Crippen LogP contribution in [-0.4, -0.2) is 56.1 Å². The van der Waals surface area contributed by atoms with Crippen molar-refractivity contribution in [3.8, 4) is 0 Å². The van der Waals surface area contributed by atoms with E-state index in [0.717, 1.165) is 0 Å². The molecule has 6 heteroatoms. The third-order valence-corrected chi connectivity index (χ3v) is 1.91. The molecule has 100 valence electrons. The zero-order valence-electron chi connectivity index (χ0n) is 11.4. The first-order valence-electron chi connectivity index (χ1n) is 5.69. The molecule has 0 bridgehead atoms. The number of amides is 3. The molecule has 0 saturated carbocycles. The minimum absolute atomic E-state index is 0.0703. The summed E-state index contributed by atoms with van der Waals surface area (Å²) in [7, 11) is 3.34. The highest BCUT2D eigenvalue weighted by molar-refractivity contribution is 5.78. The molecule has 0 aliphatic rings. The van der Waals surface area contributed by atoms with Crippen LogP contribution < -0.4 is 16.0 Å². The maximum Gasteiger partial charge on any atom is 0.316 e. The molecule has 0 rings (SSSR count). The molecule has 0 heterocycles. The Kier molecular flexibility index (Phi) is 6.57. The first kappa shape index (κ1) is 15.7. The highest BCUT2D eigenvalue weighted by Gasteiger charge is 2.10. The van der Waals surface area contributed by atoms with Crippen LogP contribution in [0.2, 0.25) is 0 Å². The topological polar surface area (TPSA) is 73.5 Å². The van der Waals surface area contributed by atoms with Crippen LogP contribution >= 0.6 is 0 Å². The monoisotopic (exact) mass is 244 g/mol. The van der Waals surface area contributed by atoms with E-state index in [0.29, 0.717) is 13.1 Å². The summed E-state index contributed by atoms with van der Waals surface area (Å²) in [6, 6.07) is -0.160. The summed E-state index contributed by atoms with van der Waals surface area (Å²) < 4.78 is 0. The Balaban J connectivity index is 3.56. The number of nitrogens with zero attached hydrogens (tertiary/aromatic N) is 1. The highest BCUT2D eigenvalue weighted by Crippen LogP contribution is 1.96. The van der Waals surface area contributed by atoms with E-state index in [9.17, 15) is 9.59 Å². The van der Waals surface area contributed by atoms with Gasteiger partial charge in [0.15, 0.2) is 0 Å². The molecule has 0 radical (unpaired) electrons. The third kappa shape index (κ3) is 9.62.